The number of carbonyl (C=O) groups excluding carboxylic acids is 2. The maximum Gasteiger partial charge on any atom is 0.233 e. The molecule has 1 aromatic carbocycles. The number of allylic oxidation sites excluding steroid dienone is 2. The zero-order valence-electron chi connectivity index (χ0n) is 13.9. The largest absolute Gasteiger partial charge is 0.491 e. The molecule has 0 bridgehead atoms. The van der Waals surface area contributed by atoms with Crippen molar-refractivity contribution in [3.63, 3.8) is 0 Å². The third-order valence-electron chi connectivity index (χ3n) is 4.77. The molecule has 0 spiro atoms. The second-order valence-electron chi connectivity index (χ2n) is 6.41. The van der Waals surface area contributed by atoms with Crippen molar-refractivity contribution in [2.75, 3.05) is 13.2 Å². The smallest absolute Gasteiger partial charge is 0.233 e. The van der Waals surface area contributed by atoms with E-state index in [-0.39, 0.29) is 36.8 Å². The van der Waals surface area contributed by atoms with Crippen LogP contribution in [-0.2, 0) is 16.0 Å². The molecular weight excluding hydrogens is 306 g/mol. The van der Waals surface area contributed by atoms with Crippen molar-refractivity contribution in [2.45, 2.75) is 32.3 Å². The van der Waals surface area contributed by atoms with Gasteiger partial charge in [0, 0.05) is 0 Å². The van der Waals surface area contributed by atoms with Gasteiger partial charge < -0.3 is 9.84 Å². The fourth-order valence-corrected chi connectivity index (χ4v) is 3.33. The number of hydrogen-bond acceptors (Lipinski definition) is 4. The maximum atomic E-state index is 12.3. The van der Waals surface area contributed by atoms with E-state index in [2.05, 4.69) is 6.92 Å². The van der Waals surface area contributed by atoms with Crippen molar-refractivity contribution >= 4 is 11.8 Å². The van der Waals surface area contributed by atoms with Crippen molar-refractivity contribution in [1.82, 2.24) is 4.90 Å². The Labute approximate surface area is 141 Å². The summed E-state index contributed by atoms with van der Waals surface area (Å²) in [7, 11) is 0. The molecule has 1 fully saturated rings. The Kier molecular flexibility index (Phi) is 5.00. The Hall–Kier alpha value is -2.14. The number of aryl methyl sites for hydroxylation is 1. The molecule has 128 valence electrons. The minimum Gasteiger partial charge on any atom is -0.491 e. The van der Waals surface area contributed by atoms with Gasteiger partial charge in [-0.1, -0.05) is 31.2 Å². The van der Waals surface area contributed by atoms with E-state index in [0.717, 1.165) is 6.42 Å². The van der Waals surface area contributed by atoms with Crippen LogP contribution in [0.5, 0.6) is 5.75 Å². The molecular formula is C19H23NO4. The number of fused-ring (bicyclic) bond motifs is 1. The molecule has 0 saturated carbocycles. The second-order valence-corrected chi connectivity index (χ2v) is 6.41. The predicted octanol–water partition coefficient (Wildman–Crippen LogP) is 1.94. The van der Waals surface area contributed by atoms with Gasteiger partial charge in [-0.25, -0.2) is 0 Å². The molecule has 0 aromatic heterocycles. The number of aliphatic hydroxyl groups excluding tert-OH is 1. The van der Waals surface area contributed by atoms with Gasteiger partial charge in [0.2, 0.25) is 11.8 Å². The molecule has 1 saturated heterocycles. The van der Waals surface area contributed by atoms with Crippen molar-refractivity contribution in [2.24, 2.45) is 11.8 Å². The summed E-state index contributed by atoms with van der Waals surface area (Å²) in [5, 5.41) is 10.2. The number of β-amino-alcohol motifs (C(OH)–C–C–N with tert-alkyl or cyclic N) is 1. The van der Waals surface area contributed by atoms with Crippen LogP contribution < -0.4 is 4.74 Å². The molecule has 1 aliphatic carbocycles. The first-order chi connectivity index (χ1) is 11.6. The summed E-state index contributed by atoms with van der Waals surface area (Å²) >= 11 is 0. The van der Waals surface area contributed by atoms with Crippen LogP contribution in [0.1, 0.15) is 25.3 Å². The van der Waals surface area contributed by atoms with Gasteiger partial charge in [0.25, 0.3) is 0 Å². The Balaban J connectivity index is 1.53. The van der Waals surface area contributed by atoms with Gasteiger partial charge in [0.1, 0.15) is 18.5 Å². The zero-order valence-corrected chi connectivity index (χ0v) is 13.9. The number of nitrogens with zero attached hydrogens (tertiary/aromatic N) is 1. The third kappa shape index (κ3) is 3.36. The fraction of sp³-hybridized carbons (Fsp3) is 0.474. The number of carbonyl (C=O) groups is 2. The lowest BCUT2D eigenvalue weighted by atomic mass is 9.85. The Morgan fingerprint density at radius 2 is 1.71 bits per heavy atom. The zero-order chi connectivity index (χ0) is 17.1. The van der Waals surface area contributed by atoms with Crippen LogP contribution in [0.15, 0.2) is 36.4 Å². The number of rotatable bonds is 6. The van der Waals surface area contributed by atoms with Crippen LogP contribution in [0.25, 0.3) is 0 Å². The highest BCUT2D eigenvalue weighted by Gasteiger charge is 2.47. The van der Waals surface area contributed by atoms with E-state index in [1.165, 1.54) is 10.5 Å². The van der Waals surface area contributed by atoms with Gasteiger partial charge in [-0.15, -0.1) is 0 Å². The summed E-state index contributed by atoms with van der Waals surface area (Å²) in [5.41, 5.74) is 1.22. The molecule has 1 N–H and O–H groups in total. The number of imide groups is 1. The molecule has 3 atom stereocenters. The first-order valence-electron chi connectivity index (χ1n) is 8.50. The van der Waals surface area contributed by atoms with Gasteiger partial charge in [-0.3, -0.25) is 14.5 Å². The SMILES string of the molecule is CCc1ccc(OC[C@H](O)CN2C(=O)[C@H]3CC=CC[C@@H]3C2=O)cc1. The maximum absolute atomic E-state index is 12.3. The predicted molar refractivity (Wildman–Crippen MR) is 89.4 cm³/mol. The van der Waals surface area contributed by atoms with Gasteiger partial charge in [0.15, 0.2) is 0 Å². The number of ether oxygens (including phenoxy) is 1. The highest BCUT2D eigenvalue weighted by atomic mass is 16.5. The lowest BCUT2D eigenvalue weighted by Crippen LogP contribution is -2.40. The van der Waals surface area contributed by atoms with Crippen LogP contribution in [-0.4, -0.2) is 41.1 Å². The van der Waals surface area contributed by atoms with Crippen LogP contribution in [0, 0.1) is 11.8 Å². The topological polar surface area (TPSA) is 66.8 Å². The van der Waals surface area contributed by atoms with Crippen LogP contribution in [0.4, 0.5) is 0 Å². The van der Waals surface area contributed by atoms with E-state index in [9.17, 15) is 14.7 Å². The summed E-state index contributed by atoms with van der Waals surface area (Å²) in [6, 6.07) is 7.68. The standard InChI is InChI=1S/C19H23NO4/c1-2-13-7-9-15(10-8-13)24-12-14(21)11-20-18(22)16-5-3-4-6-17(16)19(20)23/h3-4,7-10,14,16-17,21H,2,5-6,11-12H2,1H3/t14-,16+,17+/m1/s1. The van der Waals surface area contributed by atoms with Gasteiger partial charge in [-0.05, 0) is 37.0 Å². The summed E-state index contributed by atoms with van der Waals surface area (Å²) < 4.78 is 5.56. The molecule has 0 unspecified atom stereocenters. The van der Waals surface area contributed by atoms with E-state index in [1.54, 1.807) is 0 Å². The Morgan fingerprint density at radius 1 is 1.12 bits per heavy atom. The molecule has 2 aliphatic rings. The summed E-state index contributed by atoms with van der Waals surface area (Å²) in [6.45, 7) is 2.13. The Morgan fingerprint density at radius 3 is 2.25 bits per heavy atom. The molecule has 1 aromatic rings. The summed E-state index contributed by atoms with van der Waals surface area (Å²) in [5.74, 6) is -0.168. The number of amides is 2. The molecule has 5 heteroatoms. The van der Waals surface area contributed by atoms with Crippen LogP contribution >= 0.6 is 0 Å². The first-order valence-corrected chi connectivity index (χ1v) is 8.50. The highest BCUT2D eigenvalue weighted by molar-refractivity contribution is 6.05. The molecule has 0 radical (unpaired) electrons. The molecule has 3 rings (SSSR count). The molecule has 1 aliphatic heterocycles. The molecule has 2 amide bonds. The van der Waals surface area contributed by atoms with Crippen molar-refractivity contribution in [3.05, 3.63) is 42.0 Å². The highest BCUT2D eigenvalue weighted by Crippen LogP contribution is 2.35. The number of aliphatic hydroxyl groups is 1. The fourth-order valence-electron chi connectivity index (χ4n) is 3.33. The minimum absolute atomic E-state index is 0.00227. The normalized spacial score (nSPS) is 24.2. The van der Waals surface area contributed by atoms with Crippen LogP contribution in [0.3, 0.4) is 0 Å². The van der Waals surface area contributed by atoms with Gasteiger partial charge >= 0.3 is 0 Å². The van der Waals surface area contributed by atoms with E-state index in [4.69, 9.17) is 4.74 Å². The third-order valence-corrected chi connectivity index (χ3v) is 4.77. The quantitative estimate of drug-likeness (QED) is 0.640. The monoisotopic (exact) mass is 329 g/mol. The van der Waals surface area contributed by atoms with E-state index < -0.39 is 6.10 Å². The summed E-state index contributed by atoms with van der Waals surface area (Å²) in [6.07, 6.45) is 5.20. The number of likely N-dealkylation sites (tertiary alicyclic amines) is 1. The van der Waals surface area contributed by atoms with E-state index in [1.807, 2.05) is 36.4 Å². The molecule has 1 heterocycles. The van der Waals surface area contributed by atoms with Gasteiger partial charge in [0.05, 0.1) is 18.4 Å². The van der Waals surface area contributed by atoms with Crippen molar-refractivity contribution < 1.29 is 19.4 Å². The van der Waals surface area contributed by atoms with Crippen molar-refractivity contribution in [3.8, 4) is 5.75 Å². The number of hydrogen-bond donors (Lipinski definition) is 1. The molecule has 5 nitrogen and oxygen atoms in total. The van der Waals surface area contributed by atoms with E-state index in [0.29, 0.717) is 18.6 Å². The van der Waals surface area contributed by atoms with E-state index >= 15 is 0 Å². The lowest BCUT2D eigenvalue weighted by Gasteiger charge is -2.19. The second kappa shape index (κ2) is 7.18. The Bertz CT molecular complexity index is 611. The average molecular weight is 329 g/mol. The van der Waals surface area contributed by atoms with Crippen LogP contribution in [0.2, 0.25) is 0 Å². The molecule has 24 heavy (non-hydrogen) atoms. The minimum atomic E-state index is -0.892. The lowest BCUT2D eigenvalue weighted by molar-refractivity contribution is -0.141. The van der Waals surface area contributed by atoms with Gasteiger partial charge in [-0.2, -0.15) is 0 Å². The first kappa shape index (κ1) is 16.7. The average Bonchev–Trinajstić information content (AvgIpc) is 2.86. The summed E-state index contributed by atoms with van der Waals surface area (Å²) in [4.78, 5) is 25.9. The van der Waals surface area contributed by atoms with Crippen molar-refractivity contribution in [1.29, 1.82) is 0 Å². The number of benzene rings is 1.